The Hall–Kier alpha value is -1.94. The highest BCUT2D eigenvalue weighted by Crippen LogP contribution is 2.33. The number of hydrogen-bond donors (Lipinski definition) is 2. The van der Waals surface area contributed by atoms with Gasteiger partial charge in [-0.2, -0.15) is 0 Å². The number of ether oxygens (including phenoxy) is 3. The third-order valence-corrected chi connectivity index (χ3v) is 5.09. The summed E-state index contributed by atoms with van der Waals surface area (Å²) in [7, 11) is 0. The molecule has 0 saturated carbocycles. The SMILES string of the molecule is I.c1coc(CCNC(=NCc2cccc3c2OCCCO3)NCC2CCOC2)c1. The summed E-state index contributed by atoms with van der Waals surface area (Å²) in [5.74, 6) is 3.89. The molecule has 0 radical (unpaired) electrons. The molecule has 1 aromatic heterocycles. The van der Waals surface area contributed by atoms with Crippen molar-refractivity contribution in [2.75, 3.05) is 39.5 Å². The Morgan fingerprint density at radius 1 is 1.07 bits per heavy atom. The van der Waals surface area contributed by atoms with Crippen molar-refractivity contribution in [2.24, 2.45) is 10.9 Å². The van der Waals surface area contributed by atoms with Gasteiger partial charge in [0.05, 0.1) is 32.6 Å². The molecule has 2 aromatic rings. The summed E-state index contributed by atoms with van der Waals surface area (Å²) in [6.45, 7) is 5.12. The van der Waals surface area contributed by atoms with E-state index in [1.54, 1.807) is 6.26 Å². The van der Waals surface area contributed by atoms with Crippen LogP contribution in [0.3, 0.4) is 0 Å². The summed E-state index contributed by atoms with van der Waals surface area (Å²) in [5, 5.41) is 6.87. The molecule has 2 N–H and O–H groups in total. The van der Waals surface area contributed by atoms with Crippen LogP contribution in [0.4, 0.5) is 0 Å². The maximum atomic E-state index is 5.92. The van der Waals surface area contributed by atoms with Gasteiger partial charge in [0.15, 0.2) is 17.5 Å². The van der Waals surface area contributed by atoms with Crippen LogP contribution in [0.2, 0.25) is 0 Å². The topological polar surface area (TPSA) is 77.3 Å². The van der Waals surface area contributed by atoms with Crippen LogP contribution in [0.25, 0.3) is 0 Å². The van der Waals surface area contributed by atoms with Crippen LogP contribution in [-0.2, 0) is 17.7 Å². The number of hydrogen-bond acceptors (Lipinski definition) is 5. The first kappa shape index (κ1) is 22.7. The van der Waals surface area contributed by atoms with E-state index in [4.69, 9.17) is 23.6 Å². The third kappa shape index (κ3) is 6.53. The molecular formula is C22H30IN3O4. The molecule has 0 aliphatic carbocycles. The normalized spacial score (nSPS) is 18.4. The molecule has 30 heavy (non-hydrogen) atoms. The van der Waals surface area contributed by atoms with Gasteiger partial charge in [0.1, 0.15) is 5.76 Å². The first-order valence-electron chi connectivity index (χ1n) is 10.4. The predicted molar refractivity (Wildman–Crippen MR) is 126 cm³/mol. The lowest BCUT2D eigenvalue weighted by Gasteiger charge is -2.16. The monoisotopic (exact) mass is 527 g/mol. The van der Waals surface area contributed by atoms with Crippen LogP contribution in [0.1, 0.15) is 24.2 Å². The Morgan fingerprint density at radius 2 is 2.00 bits per heavy atom. The second-order valence-corrected chi connectivity index (χ2v) is 7.33. The number of halogens is 1. The van der Waals surface area contributed by atoms with E-state index < -0.39 is 0 Å². The molecule has 2 aliphatic heterocycles. The molecule has 1 saturated heterocycles. The van der Waals surface area contributed by atoms with Crippen LogP contribution in [0, 0.1) is 5.92 Å². The summed E-state index contributed by atoms with van der Waals surface area (Å²) in [4.78, 5) is 4.80. The average molecular weight is 527 g/mol. The van der Waals surface area contributed by atoms with Gasteiger partial charge in [0.25, 0.3) is 0 Å². The first-order chi connectivity index (χ1) is 14.4. The number of benzene rings is 1. The summed E-state index contributed by atoms with van der Waals surface area (Å²) in [5.41, 5.74) is 1.03. The molecule has 1 aromatic carbocycles. The minimum atomic E-state index is 0. The molecule has 8 heteroatoms. The van der Waals surface area contributed by atoms with Gasteiger partial charge in [-0.1, -0.05) is 12.1 Å². The van der Waals surface area contributed by atoms with Crippen molar-refractivity contribution in [3.8, 4) is 11.5 Å². The van der Waals surface area contributed by atoms with E-state index in [2.05, 4.69) is 10.6 Å². The Labute approximate surface area is 194 Å². The fraction of sp³-hybridized carbons (Fsp3) is 0.500. The van der Waals surface area contributed by atoms with E-state index in [1.165, 1.54) is 0 Å². The van der Waals surface area contributed by atoms with E-state index in [9.17, 15) is 0 Å². The molecule has 1 atom stereocenters. The smallest absolute Gasteiger partial charge is 0.191 e. The van der Waals surface area contributed by atoms with Crippen molar-refractivity contribution in [3.05, 3.63) is 47.9 Å². The summed E-state index contributed by atoms with van der Waals surface area (Å²) in [6.07, 6.45) is 4.48. The van der Waals surface area contributed by atoms with Gasteiger partial charge in [-0.05, 0) is 24.6 Å². The van der Waals surface area contributed by atoms with Crippen LogP contribution in [0.5, 0.6) is 11.5 Å². The Bertz CT molecular complexity index is 792. The number of rotatable bonds is 7. The fourth-order valence-corrected chi connectivity index (χ4v) is 3.46. The maximum absolute atomic E-state index is 5.92. The number of para-hydroxylation sites is 1. The van der Waals surface area contributed by atoms with E-state index in [-0.39, 0.29) is 24.0 Å². The lowest BCUT2D eigenvalue weighted by molar-refractivity contribution is 0.186. The molecule has 0 amide bonds. The van der Waals surface area contributed by atoms with E-state index >= 15 is 0 Å². The maximum Gasteiger partial charge on any atom is 0.191 e. The Kier molecular flexibility index (Phi) is 9.13. The van der Waals surface area contributed by atoms with E-state index in [0.29, 0.717) is 25.7 Å². The minimum Gasteiger partial charge on any atom is -0.490 e. The Morgan fingerprint density at radius 3 is 2.83 bits per heavy atom. The molecule has 1 fully saturated rings. The van der Waals surface area contributed by atoms with E-state index in [0.717, 1.165) is 74.3 Å². The zero-order chi connectivity index (χ0) is 19.7. The second-order valence-electron chi connectivity index (χ2n) is 7.33. The molecule has 164 valence electrons. The average Bonchev–Trinajstić information content (AvgIpc) is 3.40. The van der Waals surface area contributed by atoms with Crippen LogP contribution >= 0.6 is 24.0 Å². The van der Waals surface area contributed by atoms with Gasteiger partial charge < -0.3 is 29.3 Å². The number of furan rings is 1. The van der Waals surface area contributed by atoms with Crippen LogP contribution in [-0.4, -0.2) is 45.5 Å². The quantitative estimate of drug-likeness (QED) is 0.327. The van der Waals surface area contributed by atoms with E-state index in [1.807, 2.05) is 30.3 Å². The molecule has 2 aliphatic rings. The molecule has 1 unspecified atom stereocenters. The molecule has 0 spiro atoms. The minimum absolute atomic E-state index is 0. The number of fused-ring (bicyclic) bond motifs is 1. The van der Waals surface area contributed by atoms with Gasteiger partial charge in [0, 0.05) is 44.0 Å². The highest BCUT2D eigenvalue weighted by Gasteiger charge is 2.17. The number of nitrogens with one attached hydrogen (secondary N) is 2. The van der Waals surface area contributed by atoms with Gasteiger partial charge in [-0.25, -0.2) is 4.99 Å². The first-order valence-corrected chi connectivity index (χ1v) is 10.4. The van der Waals surface area contributed by atoms with Crippen molar-refractivity contribution in [2.45, 2.75) is 25.8 Å². The van der Waals surface area contributed by atoms with Crippen LogP contribution in [0.15, 0.2) is 46.0 Å². The summed E-state index contributed by atoms with van der Waals surface area (Å²) in [6, 6.07) is 9.88. The van der Waals surface area contributed by atoms with Crippen molar-refractivity contribution < 1.29 is 18.6 Å². The number of nitrogens with zero attached hydrogens (tertiary/aromatic N) is 1. The van der Waals surface area contributed by atoms with Crippen molar-refractivity contribution in [1.29, 1.82) is 0 Å². The standard InChI is InChI=1S/C22H29N3O4.HI/c1-4-18(21-20(6-1)28-11-3-12-29-21)15-25-22(24-14-17-8-13-26-16-17)23-9-7-19-5-2-10-27-19;/h1-2,4-6,10,17H,3,7-9,11-16H2,(H2,23,24,25);1H. The highest BCUT2D eigenvalue weighted by molar-refractivity contribution is 14.0. The lowest BCUT2D eigenvalue weighted by atomic mass is 10.1. The molecule has 7 nitrogen and oxygen atoms in total. The van der Waals surface area contributed by atoms with Crippen molar-refractivity contribution in [3.63, 3.8) is 0 Å². The molecular weight excluding hydrogens is 497 g/mol. The van der Waals surface area contributed by atoms with Gasteiger partial charge >= 0.3 is 0 Å². The lowest BCUT2D eigenvalue weighted by Crippen LogP contribution is -2.40. The number of aliphatic imine (C=N–C) groups is 1. The zero-order valence-corrected chi connectivity index (χ0v) is 19.4. The highest BCUT2D eigenvalue weighted by atomic mass is 127. The second kappa shape index (κ2) is 12.0. The van der Waals surface area contributed by atoms with Gasteiger partial charge in [-0.3, -0.25) is 0 Å². The number of guanidine groups is 1. The molecule has 3 heterocycles. The summed E-state index contributed by atoms with van der Waals surface area (Å²) >= 11 is 0. The van der Waals surface area contributed by atoms with Crippen molar-refractivity contribution >= 4 is 29.9 Å². The molecule has 4 rings (SSSR count). The van der Waals surface area contributed by atoms with Crippen LogP contribution < -0.4 is 20.1 Å². The fourth-order valence-electron chi connectivity index (χ4n) is 3.46. The third-order valence-electron chi connectivity index (χ3n) is 5.09. The Balaban J connectivity index is 0.00000256. The predicted octanol–water partition coefficient (Wildman–Crippen LogP) is 3.37. The van der Waals surface area contributed by atoms with Gasteiger partial charge in [-0.15, -0.1) is 24.0 Å². The zero-order valence-electron chi connectivity index (χ0n) is 17.1. The van der Waals surface area contributed by atoms with Crippen molar-refractivity contribution in [1.82, 2.24) is 10.6 Å². The van der Waals surface area contributed by atoms with Gasteiger partial charge in [0.2, 0.25) is 0 Å². The summed E-state index contributed by atoms with van der Waals surface area (Å²) < 4.78 is 22.6. The largest absolute Gasteiger partial charge is 0.490 e. The molecule has 0 bridgehead atoms.